The SMILES string of the molecule is C=CC[C@H]1CCCc2ccccc2C1=O. The number of fused-ring (bicyclic) bond motifs is 1. The summed E-state index contributed by atoms with van der Waals surface area (Å²) >= 11 is 0. The second kappa shape index (κ2) is 4.43. The van der Waals surface area contributed by atoms with Gasteiger partial charge in [-0.2, -0.15) is 0 Å². The van der Waals surface area contributed by atoms with E-state index in [4.69, 9.17) is 0 Å². The molecule has 1 atom stereocenters. The minimum atomic E-state index is 0.158. The average Bonchev–Trinajstić information content (AvgIpc) is 2.41. The number of Topliss-reactive ketones (excluding diaryl/α,β-unsaturated/α-hetero) is 1. The van der Waals surface area contributed by atoms with E-state index >= 15 is 0 Å². The molecule has 15 heavy (non-hydrogen) atoms. The Kier molecular flexibility index (Phi) is 3.00. The van der Waals surface area contributed by atoms with Crippen molar-refractivity contribution in [3.05, 3.63) is 48.0 Å². The third-order valence-corrected chi connectivity index (χ3v) is 3.10. The van der Waals surface area contributed by atoms with E-state index in [2.05, 4.69) is 12.6 Å². The molecule has 78 valence electrons. The molecule has 1 aromatic rings. The number of rotatable bonds is 2. The summed E-state index contributed by atoms with van der Waals surface area (Å²) in [5.41, 5.74) is 2.15. The monoisotopic (exact) mass is 200 g/mol. The third kappa shape index (κ3) is 2.01. The van der Waals surface area contributed by atoms with E-state index < -0.39 is 0 Å². The van der Waals surface area contributed by atoms with Gasteiger partial charge in [-0.25, -0.2) is 0 Å². The van der Waals surface area contributed by atoms with Crippen molar-refractivity contribution in [1.29, 1.82) is 0 Å². The summed E-state index contributed by atoms with van der Waals surface area (Å²) in [7, 11) is 0. The van der Waals surface area contributed by atoms with Gasteiger partial charge in [0.1, 0.15) is 0 Å². The lowest BCUT2D eigenvalue weighted by molar-refractivity contribution is 0.0917. The predicted molar refractivity (Wildman–Crippen MR) is 62.0 cm³/mol. The molecule has 0 bridgehead atoms. The van der Waals surface area contributed by atoms with Crippen molar-refractivity contribution in [2.24, 2.45) is 5.92 Å². The number of hydrogen-bond donors (Lipinski definition) is 0. The highest BCUT2D eigenvalue weighted by atomic mass is 16.1. The van der Waals surface area contributed by atoms with Crippen molar-refractivity contribution >= 4 is 5.78 Å². The average molecular weight is 200 g/mol. The lowest BCUT2D eigenvalue weighted by Gasteiger charge is -2.10. The molecule has 0 heterocycles. The van der Waals surface area contributed by atoms with Gasteiger partial charge in [0.25, 0.3) is 0 Å². The lowest BCUT2D eigenvalue weighted by atomic mass is 9.92. The number of ketones is 1. The number of aryl methyl sites for hydroxylation is 1. The molecule has 0 amide bonds. The van der Waals surface area contributed by atoms with Crippen LogP contribution in [0.1, 0.15) is 35.2 Å². The van der Waals surface area contributed by atoms with Crippen molar-refractivity contribution in [2.75, 3.05) is 0 Å². The van der Waals surface area contributed by atoms with Crippen LogP contribution in [0.25, 0.3) is 0 Å². The maximum absolute atomic E-state index is 12.2. The Morgan fingerprint density at radius 2 is 2.20 bits per heavy atom. The highest BCUT2D eigenvalue weighted by molar-refractivity contribution is 5.99. The first-order valence-electron chi connectivity index (χ1n) is 5.56. The summed E-state index contributed by atoms with van der Waals surface area (Å²) in [6.07, 6.45) is 5.82. The summed E-state index contributed by atoms with van der Waals surface area (Å²) in [4.78, 5) is 12.2. The first-order chi connectivity index (χ1) is 7.33. The molecule has 2 rings (SSSR count). The van der Waals surface area contributed by atoms with Gasteiger partial charge < -0.3 is 0 Å². The topological polar surface area (TPSA) is 17.1 Å². The molecule has 1 aromatic carbocycles. The number of carbonyl (C=O) groups excluding carboxylic acids is 1. The summed E-state index contributed by atoms with van der Waals surface area (Å²) in [6.45, 7) is 3.72. The quantitative estimate of drug-likeness (QED) is 0.528. The Morgan fingerprint density at radius 3 is 3.00 bits per heavy atom. The van der Waals surface area contributed by atoms with Crippen LogP contribution in [0.3, 0.4) is 0 Å². The van der Waals surface area contributed by atoms with E-state index in [1.807, 2.05) is 24.3 Å². The standard InChI is InChI=1S/C14H16O/c1-2-6-12-9-5-8-11-7-3-4-10-13(11)14(12)15/h2-4,7,10,12H,1,5-6,8-9H2/t12-/m0/s1. The molecule has 0 radical (unpaired) electrons. The van der Waals surface area contributed by atoms with Gasteiger partial charge in [0.05, 0.1) is 0 Å². The highest BCUT2D eigenvalue weighted by Gasteiger charge is 2.23. The Labute approximate surface area is 90.8 Å². The summed E-state index contributed by atoms with van der Waals surface area (Å²) in [5.74, 6) is 0.467. The van der Waals surface area contributed by atoms with Crippen molar-refractivity contribution in [2.45, 2.75) is 25.7 Å². The normalized spacial score (nSPS) is 20.5. The first-order valence-corrected chi connectivity index (χ1v) is 5.56. The van der Waals surface area contributed by atoms with E-state index in [0.717, 1.165) is 31.2 Å². The fourth-order valence-electron chi connectivity index (χ4n) is 2.29. The van der Waals surface area contributed by atoms with E-state index in [0.29, 0.717) is 5.78 Å². The summed E-state index contributed by atoms with van der Waals surface area (Å²) in [5, 5.41) is 0. The van der Waals surface area contributed by atoms with Crippen LogP contribution in [0.5, 0.6) is 0 Å². The second-order valence-corrected chi connectivity index (χ2v) is 4.13. The van der Waals surface area contributed by atoms with Gasteiger partial charge in [0.15, 0.2) is 5.78 Å². The van der Waals surface area contributed by atoms with Gasteiger partial charge in [-0.1, -0.05) is 30.3 Å². The van der Waals surface area contributed by atoms with Crippen molar-refractivity contribution in [3.63, 3.8) is 0 Å². The summed E-state index contributed by atoms with van der Waals surface area (Å²) < 4.78 is 0. The highest BCUT2D eigenvalue weighted by Crippen LogP contribution is 2.26. The molecule has 0 saturated heterocycles. The van der Waals surface area contributed by atoms with Gasteiger partial charge in [-0.3, -0.25) is 4.79 Å². The number of carbonyl (C=O) groups is 1. The van der Waals surface area contributed by atoms with Crippen LogP contribution in [-0.2, 0) is 6.42 Å². The maximum atomic E-state index is 12.2. The lowest BCUT2D eigenvalue weighted by Crippen LogP contribution is -2.13. The van der Waals surface area contributed by atoms with Gasteiger partial charge >= 0.3 is 0 Å². The van der Waals surface area contributed by atoms with E-state index in [1.54, 1.807) is 0 Å². The van der Waals surface area contributed by atoms with E-state index in [-0.39, 0.29) is 5.92 Å². The molecule has 0 aliphatic heterocycles. The third-order valence-electron chi connectivity index (χ3n) is 3.10. The largest absolute Gasteiger partial charge is 0.294 e. The maximum Gasteiger partial charge on any atom is 0.166 e. The van der Waals surface area contributed by atoms with E-state index in [9.17, 15) is 4.79 Å². The molecule has 0 unspecified atom stereocenters. The van der Waals surface area contributed by atoms with Gasteiger partial charge in [-0.05, 0) is 31.2 Å². The zero-order valence-corrected chi connectivity index (χ0v) is 8.91. The fourth-order valence-corrected chi connectivity index (χ4v) is 2.29. The summed E-state index contributed by atoms with van der Waals surface area (Å²) in [6, 6.07) is 8.00. The van der Waals surface area contributed by atoms with Gasteiger partial charge in [0.2, 0.25) is 0 Å². The van der Waals surface area contributed by atoms with Gasteiger partial charge in [-0.15, -0.1) is 6.58 Å². The molecule has 0 aromatic heterocycles. The van der Waals surface area contributed by atoms with Crippen molar-refractivity contribution in [3.8, 4) is 0 Å². The molecule has 0 N–H and O–H groups in total. The van der Waals surface area contributed by atoms with Crippen LogP contribution in [0, 0.1) is 5.92 Å². The molecular weight excluding hydrogens is 184 g/mol. The predicted octanol–water partition coefficient (Wildman–Crippen LogP) is 3.40. The molecular formula is C14H16O. The molecule has 1 heteroatoms. The van der Waals surface area contributed by atoms with Crippen LogP contribution in [-0.4, -0.2) is 5.78 Å². The van der Waals surface area contributed by atoms with Crippen molar-refractivity contribution in [1.82, 2.24) is 0 Å². The Balaban J connectivity index is 2.34. The second-order valence-electron chi connectivity index (χ2n) is 4.13. The molecule has 0 saturated carbocycles. The van der Waals surface area contributed by atoms with Crippen LogP contribution in [0.2, 0.25) is 0 Å². The van der Waals surface area contributed by atoms with Crippen LogP contribution < -0.4 is 0 Å². The number of benzene rings is 1. The Hall–Kier alpha value is -1.37. The Morgan fingerprint density at radius 1 is 1.40 bits per heavy atom. The molecule has 0 fully saturated rings. The Bertz CT molecular complexity index is 379. The molecule has 1 aliphatic carbocycles. The molecule has 1 aliphatic rings. The van der Waals surface area contributed by atoms with Crippen LogP contribution >= 0.6 is 0 Å². The van der Waals surface area contributed by atoms with Crippen LogP contribution in [0.4, 0.5) is 0 Å². The fraction of sp³-hybridized carbons (Fsp3) is 0.357. The zero-order valence-electron chi connectivity index (χ0n) is 8.91. The minimum absolute atomic E-state index is 0.158. The zero-order chi connectivity index (χ0) is 10.7. The van der Waals surface area contributed by atoms with Gasteiger partial charge in [0, 0.05) is 11.5 Å². The van der Waals surface area contributed by atoms with Crippen molar-refractivity contribution < 1.29 is 4.79 Å². The van der Waals surface area contributed by atoms with Crippen LogP contribution in [0.15, 0.2) is 36.9 Å². The number of allylic oxidation sites excluding steroid dienone is 1. The smallest absolute Gasteiger partial charge is 0.166 e. The molecule has 1 nitrogen and oxygen atoms in total. The minimum Gasteiger partial charge on any atom is -0.294 e. The number of hydrogen-bond acceptors (Lipinski definition) is 1. The molecule has 0 spiro atoms. The van der Waals surface area contributed by atoms with E-state index in [1.165, 1.54) is 5.56 Å². The first kappa shape index (κ1) is 10.2.